The van der Waals surface area contributed by atoms with Crippen molar-refractivity contribution in [3.8, 4) is 11.5 Å². The fraction of sp³-hybridized carbons (Fsp3) is 0.273. The van der Waals surface area contributed by atoms with Crippen molar-refractivity contribution in [1.29, 1.82) is 0 Å². The van der Waals surface area contributed by atoms with E-state index < -0.39 is 0 Å². The molecular weight excluding hydrogens is 226 g/mol. The average Bonchev–Trinajstić information content (AvgIpc) is 2.71. The van der Waals surface area contributed by atoms with Crippen LogP contribution in [-0.4, -0.2) is 10.2 Å². The smallest absolute Gasteiger partial charge is 0.247 e. The summed E-state index contributed by atoms with van der Waals surface area (Å²) >= 11 is 5.94. The zero-order valence-electron chi connectivity index (χ0n) is 9.07. The molecule has 0 saturated carbocycles. The molecule has 5 heteroatoms. The number of halogens is 1. The monoisotopic (exact) mass is 237 g/mol. The van der Waals surface area contributed by atoms with Crippen LogP contribution < -0.4 is 5.73 Å². The Balaban J connectivity index is 2.39. The fourth-order valence-electron chi connectivity index (χ4n) is 1.31. The molecular formula is C11H12ClN3O. The van der Waals surface area contributed by atoms with E-state index in [1.165, 1.54) is 0 Å². The Bertz CT molecular complexity index is 508. The van der Waals surface area contributed by atoms with Crippen LogP contribution in [0.4, 0.5) is 0 Å². The van der Waals surface area contributed by atoms with Crippen molar-refractivity contribution in [2.45, 2.75) is 19.9 Å². The van der Waals surface area contributed by atoms with Gasteiger partial charge in [0.15, 0.2) is 0 Å². The van der Waals surface area contributed by atoms with E-state index >= 15 is 0 Å². The first-order valence-corrected chi connectivity index (χ1v) is 5.31. The van der Waals surface area contributed by atoms with Gasteiger partial charge in [0.05, 0.1) is 6.04 Å². The van der Waals surface area contributed by atoms with Gasteiger partial charge in [-0.05, 0) is 37.6 Å². The van der Waals surface area contributed by atoms with Gasteiger partial charge in [-0.1, -0.05) is 11.6 Å². The standard InChI is InChI=1S/C11H12ClN3O/c1-6-5-8(3-4-9(6)12)11-15-14-10(16-11)7(2)13/h3-5,7H,13H2,1-2H3. The molecule has 0 aliphatic rings. The second kappa shape index (κ2) is 4.23. The van der Waals surface area contributed by atoms with Crippen LogP contribution in [0.25, 0.3) is 11.5 Å². The molecule has 0 amide bonds. The number of benzene rings is 1. The van der Waals surface area contributed by atoms with Crippen LogP contribution in [0.2, 0.25) is 5.02 Å². The first-order chi connectivity index (χ1) is 7.58. The van der Waals surface area contributed by atoms with Gasteiger partial charge in [0, 0.05) is 10.6 Å². The molecule has 1 aromatic carbocycles. The van der Waals surface area contributed by atoms with Crippen LogP contribution in [0.15, 0.2) is 22.6 Å². The van der Waals surface area contributed by atoms with E-state index in [0.29, 0.717) is 11.8 Å². The van der Waals surface area contributed by atoms with Crippen molar-refractivity contribution < 1.29 is 4.42 Å². The van der Waals surface area contributed by atoms with Crippen LogP contribution >= 0.6 is 11.6 Å². The lowest BCUT2D eigenvalue weighted by atomic mass is 10.1. The van der Waals surface area contributed by atoms with E-state index in [9.17, 15) is 0 Å². The number of hydrogen-bond donors (Lipinski definition) is 1. The summed E-state index contributed by atoms with van der Waals surface area (Å²) in [6.45, 7) is 3.72. The van der Waals surface area contributed by atoms with Crippen molar-refractivity contribution in [3.63, 3.8) is 0 Å². The topological polar surface area (TPSA) is 64.9 Å². The van der Waals surface area contributed by atoms with Gasteiger partial charge in [-0.25, -0.2) is 0 Å². The number of hydrogen-bond acceptors (Lipinski definition) is 4. The summed E-state index contributed by atoms with van der Waals surface area (Å²) < 4.78 is 5.44. The predicted octanol–water partition coefficient (Wildman–Crippen LogP) is 2.72. The van der Waals surface area contributed by atoms with Crippen LogP contribution in [0.1, 0.15) is 24.4 Å². The number of aryl methyl sites for hydroxylation is 1. The van der Waals surface area contributed by atoms with Crippen molar-refractivity contribution >= 4 is 11.6 Å². The second-order valence-electron chi connectivity index (χ2n) is 3.70. The molecule has 0 bridgehead atoms. The number of nitrogens with zero attached hydrogens (tertiary/aromatic N) is 2. The van der Waals surface area contributed by atoms with E-state index in [-0.39, 0.29) is 6.04 Å². The quantitative estimate of drug-likeness (QED) is 0.872. The van der Waals surface area contributed by atoms with Crippen LogP contribution in [0, 0.1) is 6.92 Å². The molecule has 0 fully saturated rings. The molecule has 2 N–H and O–H groups in total. The van der Waals surface area contributed by atoms with Crippen LogP contribution in [-0.2, 0) is 0 Å². The Morgan fingerprint density at radius 2 is 2.12 bits per heavy atom. The molecule has 0 saturated heterocycles. The highest BCUT2D eigenvalue weighted by atomic mass is 35.5. The first kappa shape index (κ1) is 11.1. The molecule has 1 heterocycles. The molecule has 0 radical (unpaired) electrons. The molecule has 1 aromatic heterocycles. The van der Waals surface area contributed by atoms with Crippen LogP contribution in [0.3, 0.4) is 0 Å². The van der Waals surface area contributed by atoms with Crippen molar-refractivity contribution in [3.05, 3.63) is 34.7 Å². The molecule has 2 rings (SSSR count). The van der Waals surface area contributed by atoms with Gasteiger partial charge < -0.3 is 10.2 Å². The Morgan fingerprint density at radius 1 is 1.38 bits per heavy atom. The van der Waals surface area contributed by atoms with Gasteiger partial charge in [-0.2, -0.15) is 0 Å². The minimum atomic E-state index is -0.255. The van der Waals surface area contributed by atoms with E-state index in [0.717, 1.165) is 16.1 Å². The Kier molecular flexibility index (Phi) is 2.94. The minimum absolute atomic E-state index is 0.255. The molecule has 16 heavy (non-hydrogen) atoms. The molecule has 1 atom stereocenters. The highest BCUT2D eigenvalue weighted by Gasteiger charge is 2.11. The normalized spacial score (nSPS) is 12.8. The van der Waals surface area contributed by atoms with Crippen molar-refractivity contribution in [1.82, 2.24) is 10.2 Å². The van der Waals surface area contributed by atoms with Gasteiger partial charge in [0.1, 0.15) is 0 Å². The molecule has 1 unspecified atom stereocenters. The summed E-state index contributed by atoms with van der Waals surface area (Å²) in [5, 5.41) is 8.53. The van der Waals surface area contributed by atoms with Gasteiger partial charge in [0.25, 0.3) is 0 Å². The van der Waals surface area contributed by atoms with Crippen molar-refractivity contribution in [2.75, 3.05) is 0 Å². The first-order valence-electron chi connectivity index (χ1n) is 4.93. The maximum atomic E-state index is 5.94. The highest BCUT2D eigenvalue weighted by molar-refractivity contribution is 6.31. The Labute approximate surface area is 98.4 Å². The lowest BCUT2D eigenvalue weighted by molar-refractivity contribution is 0.473. The average molecular weight is 238 g/mol. The third kappa shape index (κ3) is 2.08. The maximum Gasteiger partial charge on any atom is 0.247 e. The zero-order valence-corrected chi connectivity index (χ0v) is 9.82. The molecule has 84 valence electrons. The SMILES string of the molecule is Cc1cc(-c2nnc(C(C)N)o2)ccc1Cl. The second-order valence-corrected chi connectivity index (χ2v) is 4.11. The lowest BCUT2D eigenvalue weighted by Crippen LogP contribution is -2.04. The Morgan fingerprint density at radius 3 is 2.69 bits per heavy atom. The van der Waals surface area contributed by atoms with E-state index in [2.05, 4.69) is 10.2 Å². The maximum absolute atomic E-state index is 5.94. The summed E-state index contributed by atoms with van der Waals surface area (Å²) in [5.74, 6) is 0.898. The summed E-state index contributed by atoms with van der Waals surface area (Å²) in [4.78, 5) is 0. The van der Waals surface area contributed by atoms with Gasteiger partial charge >= 0.3 is 0 Å². The van der Waals surface area contributed by atoms with Gasteiger partial charge in [-0.15, -0.1) is 10.2 Å². The third-order valence-corrected chi connectivity index (χ3v) is 2.66. The summed E-state index contributed by atoms with van der Waals surface area (Å²) in [7, 11) is 0. The summed E-state index contributed by atoms with van der Waals surface area (Å²) in [5.41, 5.74) is 7.46. The van der Waals surface area contributed by atoms with E-state index in [4.69, 9.17) is 21.8 Å². The molecule has 0 spiro atoms. The summed E-state index contributed by atoms with van der Waals surface area (Å²) in [6, 6.07) is 5.30. The molecule has 0 aliphatic carbocycles. The lowest BCUT2D eigenvalue weighted by Gasteiger charge is -1.99. The van der Waals surface area contributed by atoms with Gasteiger partial charge in [0.2, 0.25) is 11.8 Å². The largest absolute Gasteiger partial charge is 0.419 e. The zero-order chi connectivity index (χ0) is 11.7. The summed E-state index contributed by atoms with van der Waals surface area (Å²) in [6.07, 6.45) is 0. The molecule has 4 nitrogen and oxygen atoms in total. The third-order valence-electron chi connectivity index (χ3n) is 2.24. The highest BCUT2D eigenvalue weighted by Crippen LogP contribution is 2.24. The van der Waals surface area contributed by atoms with E-state index in [1.54, 1.807) is 6.92 Å². The number of nitrogens with two attached hydrogens (primary N) is 1. The Hall–Kier alpha value is -1.39. The predicted molar refractivity (Wildman–Crippen MR) is 62.1 cm³/mol. The molecule has 2 aromatic rings. The van der Waals surface area contributed by atoms with Gasteiger partial charge in [-0.3, -0.25) is 0 Å². The van der Waals surface area contributed by atoms with Crippen LogP contribution in [0.5, 0.6) is 0 Å². The molecule has 0 aliphatic heterocycles. The van der Waals surface area contributed by atoms with Crippen molar-refractivity contribution in [2.24, 2.45) is 5.73 Å². The minimum Gasteiger partial charge on any atom is -0.419 e. The number of rotatable bonds is 2. The number of aromatic nitrogens is 2. The fourth-order valence-corrected chi connectivity index (χ4v) is 1.43. The van der Waals surface area contributed by atoms with E-state index in [1.807, 2.05) is 25.1 Å².